The molecule has 1 amide bonds. The number of carbonyl (C=O) groups excluding carboxylic acids is 1. The van der Waals surface area contributed by atoms with E-state index in [-0.39, 0.29) is 17.6 Å². The molecule has 1 aliphatic rings. The topological polar surface area (TPSA) is 75.5 Å². The number of nitro groups is 1. The third-order valence-electron chi connectivity index (χ3n) is 4.56. The first-order valence-electron chi connectivity index (χ1n) is 8.48. The zero-order valence-electron chi connectivity index (χ0n) is 14.1. The number of anilines is 2. The predicted molar refractivity (Wildman–Crippen MR) is 97.2 cm³/mol. The van der Waals surface area contributed by atoms with Gasteiger partial charge in [-0.25, -0.2) is 0 Å². The number of likely N-dealkylation sites (tertiary alicyclic amines) is 1. The summed E-state index contributed by atoms with van der Waals surface area (Å²) in [5.41, 5.74) is 1.40. The standard InChI is InChI=1S/C19H21N3O3/c1-14-7-5-6-12-21(14)19(23)15-10-11-17(18(13-15)22(24)25)20-16-8-3-2-4-9-16/h2-4,8-11,13-14,20H,5-7,12H2,1H3. The smallest absolute Gasteiger partial charge is 0.293 e. The van der Waals surface area contributed by atoms with Gasteiger partial charge in [0, 0.05) is 29.9 Å². The fourth-order valence-corrected chi connectivity index (χ4v) is 3.16. The molecule has 25 heavy (non-hydrogen) atoms. The highest BCUT2D eigenvalue weighted by molar-refractivity contribution is 5.96. The Balaban J connectivity index is 1.88. The van der Waals surface area contributed by atoms with Crippen molar-refractivity contribution >= 4 is 23.0 Å². The van der Waals surface area contributed by atoms with Crippen LogP contribution in [0.3, 0.4) is 0 Å². The molecule has 1 saturated heterocycles. The van der Waals surface area contributed by atoms with Crippen molar-refractivity contribution in [2.75, 3.05) is 11.9 Å². The minimum atomic E-state index is -0.457. The molecule has 2 aromatic rings. The van der Waals surface area contributed by atoms with Gasteiger partial charge in [-0.3, -0.25) is 14.9 Å². The lowest BCUT2D eigenvalue weighted by Gasteiger charge is -2.33. The average Bonchev–Trinajstić information content (AvgIpc) is 2.62. The molecule has 1 fully saturated rings. The molecule has 1 N–H and O–H groups in total. The summed E-state index contributed by atoms with van der Waals surface area (Å²) >= 11 is 0. The van der Waals surface area contributed by atoms with Crippen LogP contribution in [0.15, 0.2) is 48.5 Å². The first-order chi connectivity index (χ1) is 12.1. The molecule has 6 nitrogen and oxygen atoms in total. The van der Waals surface area contributed by atoms with Gasteiger partial charge in [0.1, 0.15) is 5.69 Å². The number of piperidine rings is 1. The number of nitrogens with zero attached hydrogens (tertiary/aromatic N) is 2. The second-order valence-corrected chi connectivity index (χ2v) is 6.32. The van der Waals surface area contributed by atoms with Gasteiger partial charge in [-0.1, -0.05) is 18.2 Å². The molecule has 2 aromatic carbocycles. The highest BCUT2D eigenvalue weighted by Gasteiger charge is 2.26. The van der Waals surface area contributed by atoms with Crippen LogP contribution in [0.25, 0.3) is 0 Å². The number of hydrogen-bond donors (Lipinski definition) is 1. The summed E-state index contributed by atoms with van der Waals surface area (Å²) in [6.07, 6.45) is 3.07. The van der Waals surface area contributed by atoms with Gasteiger partial charge in [-0.2, -0.15) is 0 Å². The number of nitro benzene ring substituents is 1. The molecule has 1 aliphatic heterocycles. The second kappa shape index (κ2) is 7.34. The number of benzene rings is 2. The average molecular weight is 339 g/mol. The van der Waals surface area contributed by atoms with Crippen molar-refractivity contribution in [3.05, 3.63) is 64.2 Å². The fraction of sp³-hybridized carbons (Fsp3) is 0.316. The summed E-state index contributed by atoms with van der Waals surface area (Å²) in [5.74, 6) is -0.137. The van der Waals surface area contributed by atoms with Gasteiger partial charge < -0.3 is 10.2 Å². The molecule has 0 aliphatic carbocycles. The molecule has 1 atom stereocenters. The zero-order chi connectivity index (χ0) is 17.8. The zero-order valence-corrected chi connectivity index (χ0v) is 14.1. The third kappa shape index (κ3) is 3.79. The van der Waals surface area contributed by atoms with Crippen LogP contribution in [-0.4, -0.2) is 28.3 Å². The first-order valence-corrected chi connectivity index (χ1v) is 8.48. The fourth-order valence-electron chi connectivity index (χ4n) is 3.16. The minimum Gasteiger partial charge on any atom is -0.350 e. The van der Waals surface area contributed by atoms with E-state index in [1.165, 1.54) is 6.07 Å². The second-order valence-electron chi connectivity index (χ2n) is 6.32. The maximum absolute atomic E-state index is 12.7. The Morgan fingerprint density at radius 2 is 1.96 bits per heavy atom. The maximum atomic E-state index is 12.7. The van der Waals surface area contributed by atoms with E-state index in [2.05, 4.69) is 5.32 Å². The van der Waals surface area contributed by atoms with Gasteiger partial charge in [0.2, 0.25) is 0 Å². The summed E-state index contributed by atoms with van der Waals surface area (Å²) in [6, 6.07) is 14.0. The highest BCUT2D eigenvalue weighted by atomic mass is 16.6. The number of rotatable bonds is 4. The Bertz CT molecular complexity index is 777. The minimum absolute atomic E-state index is 0.0978. The third-order valence-corrected chi connectivity index (χ3v) is 4.56. The van der Waals surface area contributed by atoms with Crippen molar-refractivity contribution in [1.82, 2.24) is 4.90 Å². The molecule has 130 valence electrons. The van der Waals surface area contributed by atoms with E-state index in [0.29, 0.717) is 17.8 Å². The Morgan fingerprint density at radius 3 is 2.64 bits per heavy atom. The van der Waals surface area contributed by atoms with Crippen molar-refractivity contribution in [3.8, 4) is 0 Å². The Morgan fingerprint density at radius 1 is 1.20 bits per heavy atom. The lowest BCUT2D eigenvalue weighted by Crippen LogP contribution is -2.42. The highest BCUT2D eigenvalue weighted by Crippen LogP contribution is 2.30. The van der Waals surface area contributed by atoms with E-state index in [1.807, 2.05) is 42.2 Å². The Labute approximate surface area is 146 Å². The summed E-state index contributed by atoms with van der Waals surface area (Å²) in [5, 5.41) is 14.5. The summed E-state index contributed by atoms with van der Waals surface area (Å²) in [7, 11) is 0. The lowest BCUT2D eigenvalue weighted by atomic mass is 10.0. The summed E-state index contributed by atoms with van der Waals surface area (Å²) in [6.45, 7) is 2.73. The van der Waals surface area contributed by atoms with E-state index >= 15 is 0 Å². The number of amides is 1. The van der Waals surface area contributed by atoms with Crippen LogP contribution in [0.2, 0.25) is 0 Å². The van der Waals surface area contributed by atoms with E-state index in [9.17, 15) is 14.9 Å². The Kier molecular flexibility index (Phi) is 4.97. The molecule has 6 heteroatoms. The number of nitrogens with one attached hydrogen (secondary N) is 1. The van der Waals surface area contributed by atoms with Crippen molar-refractivity contribution < 1.29 is 9.72 Å². The largest absolute Gasteiger partial charge is 0.350 e. The van der Waals surface area contributed by atoms with Crippen molar-refractivity contribution in [3.63, 3.8) is 0 Å². The van der Waals surface area contributed by atoms with E-state index in [1.54, 1.807) is 12.1 Å². The van der Waals surface area contributed by atoms with Crippen LogP contribution in [0.4, 0.5) is 17.1 Å². The quantitative estimate of drug-likeness (QED) is 0.663. The lowest BCUT2D eigenvalue weighted by molar-refractivity contribution is -0.383. The van der Waals surface area contributed by atoms with Crippen molar-refractivity contribution in [2.24, 2.45) is 0 Å². The maximum Gasteiger partial charge on any atom is 0.293 e. The predicted octanol–water partition coefficient (Wildman–Crippen LogP) is 4.35. The van der Waals surface area contributed by atoms with E-state index in [0.717, 1.165) is 24.9 Å². The normalized spacial score (nSPS) is 17.2. The molecule has 0 saturated carbocycles. The van der Waals surface area contributed by atoms with Gasteiger partial charge in [-0.05, 0) is 50.5 Å². The molecule has 0 radical (unpaired) electrons. The van der Waals surface area contributed by atoms with E-state index in [4.69, 9.17) is 0 Å². The number of hydrogen-bond acceptors (Lipinski definition) is 4. The van der Waals surface area contributed by atoms with Crippen molar-refractivity contribution in [2.45, 2.75) is 32.2 Å². The summed E-state index contributed by atoms with van der Waals surface area (Å²) < 4.78 is 0. The van der Waals surface area contributed by atoms with Crippen LogP contribution in [-0.2, 0) is 0 Å². The monoisotopic (exact) mass is 339 g/mol. The van der Waals surface area contributed by atoms with Crippen LogP contribution >= 0.6 is 0 Å². The molecule has 0 spiro atoms. The number of carbonyl (C=O) groups is 1. The van der Waals surface area contributed by atoms with Gasteiger partial charge in [-0.15, -0.1) is 0 Å². The molecule has 1 heterocycles. The number of para-hydroxylation sites is 1. The molecule has 1 unspecified atom stereocenters. The van der Waals surface area contributed by atoms with Gasteiger partial charge in [0.25, 0.3) is 11.6 Å². The molecule has 0 aromatic heterocycles. The van der Waals surface area contributed by atoms with Crippen LogP contribution in [0.5, 0.6) is 0 Å². The van der Waals surface area contributed by atoms with Crippen LogP contribution < -0.4 is 5.32 Å². The van der Waals surface area contributed by atoms with Gasteiger partial charge in [0.15, 0.2) is 0 Å². The Hall–Kier alpha value is -2.89. The molecule has 0 bridgehead atoms. The molecular weight excluding hydrogens is 318 g/mol. The van der Waals surface area contributed by atoms with Gasteiger partial charge >= 0.3 is 0 Å². The first kappa shape index (κ1) is 17.0. The van der Waals surface area contributed by atoms with Crippen LogP contribution in [0.1, 0.15) is 36.5 Å². The van der Waals surface area contributed by atoms with Gasteiger partial charge in [0.05, 0.1) is 4.92 Å². The summed E-state index contributed by atoms with van der Waals surface area (Å²) in [4.78, 5) is 25.6. The molecular formula is C19H21N3O3. The van der Waals surface area contributed by atoms with E-state index < -0.39 is 4.92 Å². The SMILES string of the molecule is CC1CCCCN1C(=O)c1ccc(Nc2ccccc2)c([N+](=O)[O-])c1. The van der Waals surface area contributed by atoms with Crippen molar-refractivity contribution in [1.29, 1.82) is 0 Å². The van der Waals surface area contributed by atoms with Crippen LogP contribution in [0, 0.1) is 10.1 Å². The molecule has 3 rings (SSSR count).